The summed E-state index contributed by atoms with van der Waals surface area (Å²) >= 11 is 0. The molecule has 2 N–H and O–H groups in total. The van der Waals surface area contributed by atoms with Crippen LogP contribution in [0.3, 0.4) is 0 Å². The van der Waals surface area contributed by atoms with Crippen molar-refractivity contribution >= 4 is 15.5 Å². The van der Waals surface area contributed by atoms with E-state index in [1.807, 2.05) is 0 Å². The Morgan fingerprint density at radius 3 is 2.60 bits per heavy atom. The minimum Gasteiger partial charge on any atom is -0.399 e. The van der Waals surface area contributed by atoms with Crippen molar-refractivity contribution in [3.8, 4) is 0 Å². The van der Waals surface area contributed by atoms with Gasteiger partial charge in [-0.05, 0) is 30.7 Å². The molecule has 0 aliphatic heterocycles. The maximum absolute atomic E-state index is 11.7. The molecule has 0 bridgehead atoms. The standard InChI is InChI=1S/C10H15NO3S/c1-8-7-9(3-4-10(8)11)15(12,13)6-5-14-2/h3-4,7H,5-6,11H2,1-2H3. The average molecular weight is 229 g/mol. The molecule has 1 rings (SSSR count). The largest absolute Gasteiger partial charge is 0.399 e. The fraction of sp³-hybridized carbons (Fsp3) is 0.400. The molecule has 0 aliphatic carbocycles. The number of ether oxygens (including phenoxy) is 1. The molecular weight excluding hydrogens is 214 g/mol. The zero-order valence-corrected chi connectivity index (χ0v) is 9.67. The molecule has 0 unspecified atom stereocenters. The maximum atomic E-state index is 11.7. The first kappa shape index (κ1) is 12.0. The van der Waals surface area contributed by atoms with Gasteiger partial charge in [-0.3, -0.25) is 0 Å². The molecule has 0 saturated carbocycles. The molecule has 0 heterocycles. The summed E-state index contributed by atoms with van der Waals surface area (Å²) in [6, 6.07) is 4.71. The van der Waals surface area contributed by atoms with Crippen LogP contribution in [0.5, 0.6) is 0 Å². The van der Waals surface area contributed by atoms with Crippen LogP contribution < -0.4 is 5.73 Å². The number of nitrogens with two attached hydrogens (primary N) is 1. The molecular formula is C10H15NO3S. The van der Waals surface area contributed by atoms with Crippen LogP contribution in [0.4, 0.5) is 5.69 Å². The summed E-state index contributed by atoms with van der Waals surface area (Å²) in [5.41, 5.74) is 6.98. The molecule has 1 aromatic rings. The van der Waals surface area contributed by atoms with E-state index in [4.69, 9.17) is 10.5 Å². The lowest BCUT2D eigenvalue weighted by molar-refractivity contribution is 0.217. The van der Waals surface area contributed by atoms with Crippen molar-refractivity contribution in [2.75, 3.05) is 25.2 Å². The van der Waals surface area contributed by atoms with Crippen molar-refractivity contribution < 1.29 is 13.2 Å². The van der Waals surface area contributed by atoms with Gasteiger partial charge in [-0.15, -0.1) is 0 Å². The Balaban J connectivity index is 3.00. The van der Waals surface area contributed by atoms with Crippen LogP contribution in [0.1, 0.15) is 5.56 Å². The predicted molar refractivity (Wildman–Crippen MR) is 59.5 cm³/mol. The highest BCUT2D eigenvalue weighted by atomic mass is 32.2. The summed E-state index contributed by atoms with van der Waals surface area (Å²) in [7, 11) is -1.77. The summed E-state index contributed by atoms with van der Waals surface area (Å²) in [6.45, 7) is 1.98. The lowest BCUT2D eigenvalue weighted by atomic mass is 10.2. The first-order valence-corrected chi connectivity index (χ1v) is 6.20. The summed E-state index contributed by atoms with van der Waals surface area (Å²) in [6.07, 6.45) is 0. The molecule has 0 radical (unpaired) electrons. The fourth-order valence-electron chi connectivity index (χ4n) is 1.15. The number of rotatable bonds is 4. The maximum Gasteiger partial charge on any atom is 0.180 e. The fourth-order valence-corrected chi connectivity index (χ4v) is 2.41. The number of benzene rings is 1. The van der Waals surface area contributed by atoms with E-state index in [2.05, 4.69) is 0 Å². The number of hydrogen-bond acceptors (Lipinski definition) is 4. The number of aryl methyl sites for hydroxylation is 1. The van der Waals surface area contributed by atoms with E-state index >= 15 is 0 Å². The third-order valence-corrected chi connectivity index (χ3v) is 3.83. The summed E-state index contributed by atoms with van der Waals surface area (Å²) in [5, 5.41) is 0. The molecule has 5 heteroatoms. The second-order valence-corrected chi connectivity index (χ2v) is 5.44. The van der Waals surface area contributed by atoms with Crippen molar-refractivity contribution in [2.24, 2.45) is 0 Å². The number of anilines is 1. The Bertz CT molecular complexity index is 440. The number of hydrogen-bond donors (Lipinski definition) is 1. The van der Waals surface area contributed by atoms with Crippen LogP contribution in [-0.2, 0) is 14.6 Å². The Kier molecular flexibility index (Phi) is 3.71. The molecule has 0 aliphatic rings. The number of sulfone groups is 1. The topological polar surface area (TPSA) is 69.4 Å². The molecule has 84 valence electrons. The molecule has 0 amide bonds. The average Bonchev–Trinajstić information content (AvgIpc) is 2.19. The predicted octanol–water partition coefficient (Wildman–Crippen LogP) is 0.997. The van der Waals surface area contributed by atoms with Crippen molar-refractivity contribution in [2.45, 2.75) is 11.8 Å². The zero-order chi connectivity index (χ0) is 11.5. The quantitative estimate of drug-likeness (QED) is 0.782. The minimum atomic E-state index is -3.24. The zero-order valence-electron chi connectivity index (χ0n) is 8.86. The third kappa shape index (κ3) is 2.94. The van der Waals surface area contributed by atoms with E-state index in [-0.39, 0.29) is 12.4 Å². The Hall–Kier alpha value is -1.07. The van der Waals surface area contributed by atoms with Crippen LogP contribution in [-0.4, -0.2) is 27.9 Å². The van der Waals surface area contributed by atoms with Gasteiger partial charge in [-0.1, -0.05) is 0 Å². The van der Waals surface area contributed by atoms with Crippen LogP contribution in [0.25, 0.3) is 0 Å². The molecule has 0 atom stereocenters. The second-order valence-electron chi connectivity index (χ2n) is 3.33. The molecule has 0 spiro atoms. The highest BCUT2D eigenvalue weighted by Gasteiger charge is 2.14. The van der Waals surface area contributed by atoms with Crippen LogP contribution in [0.2, 0.25) is 0 Å². The van der Waals surface area contributed by atoms with E-state index in [0.29, 0.717) is 10.6 Å². The van der Waals surface area contributed by atoms with E-state index in [0.717, 1.165) is 5.56 Å². The van der Waals surface area contributed by atoms with Gasteiger partial charge in [0.15, 0.2) is 9.84 Å². The van der Waals surface area contributed by atoms with Gasteiger partial charge in [0.2, 0.25) is 0 Å². The van der Waals surface area contributed by atoms with Gasteiger partial charge < -0.3 is 10.5 Å². The van der Waals surface area contributed by atoms with Crippen molar-refractivity contribution in [3.05, 3.63) is 23.8 Å². The lowest BCUT2D eigenvalue weighted by Gasteiger charge is -2.06. The van der Waals surface area contributed by atoms with Gasteiger partial charge in [0.05, 0.1) is 17.3 Å². The van der Waals surface area contributed by atoms with Crippen LogP contribution in [0.15, 0.2) is 23.1 Å². The molecule has 4 nitrogen and oxygen atoms in total. The molecule has 0 saturated heterocycles. The first-order chi connectivity index (χ1) is 6.97. The van der Waals surface area contributed by atoms with Gasteiger partial charge in [0.25, 0.3) is 0 Å². The highest BCUT2D eigenvalue weighted by Crippen LogP contribution is 2.17. The SMILES string of the molecule is COCCS(=O)(=O)c1ccc(N)c(C)c1. The highest BCUT2D eigenvalue weighted by molar-refractivity contribution is 7.91. The number of methoxy groups -OCH3 is 1. The van der Waals surface area contributed by atoms with Crippen LogP contribution in [0, 0.1) is 6.92 Å². The van der Waals surface area contributed by atoms with E-state index in [1.54, 1.807) is 19.1 Å². The molecule has 0 aromatic heterocycles. The van der Waals surface area contributed by atoms with Gasteiger partial charge in [0, 0.05) is 12.8 Å². The summed E-state index contributed by atoms with van der Waals surface area (Å²) < 4.78 is 28.2. The van der Waals surface area contributed by atoms with E-state index in [9.17, 15) is 8.42 Å². The minimum absolute atomic E-state index is 0.00709. The summed E-state index contributed by atoms with van der Waals surface area (Å²) in [4.78, 5) is 0.297. The van der Waals surface area contributed by atoms with Gasteiger partial charge in [0.1, 0.15) is 0 Å². The second kappa shape index (κ2) is 4.63. The Morgan fingerprint density at radius 1 is 1.40 bits per heavy atom. The molecule has 1 aromatic carbocycles. The van der Waals surface area contributed by atoms with E-state index in [1.165, 1.54) is 13.2 Å². The third-order valence-electron chi connectivity index (χ3n) is 2.16. The molecule has 0 fully saturated rings. The van der Waals surface area contributed by atoms with Gasteiger partial charge in [-0.25, -0.2) is 8.42 Å². The number of nitrogen functional groups attached to an aromatic ring is 1. The van der Waals surface area contributed by atoms with Gasteiger partial charge in [-0.2, -0.15) is 0 Å². The first-order valence-electron chi connectivity index (χ1n) is 4.55. The van der Waals surface area contributed by atoms with Crippen molar-refractivity contribution in [1.82, 2.24) is 0 Å². The van der Waals surface area contributed by atoms with E-state index < -0.39 is 9.84 Å². The smallest absolute Gasteiger partial charge is 0.180 e. The molecule has 15 heavy (non-hydrogen) atoms. The van der Waals surface area contributed by atoms with Gasteiger partial charge >= 0.3 is 0 Å². The Labute approximate surface area is 90.0 Å². The normalized spacial score (nSPS) is 11.6. The van der Waals surface area contributed by atoms with Crippen LogP contribution >= 0.6 is 0 Å². The monoisotopic (exact) mass is 229 g/mol. The summed E-state index contributed by atoms with van der Waals surface area (Å²) in [5.74, 6) is -0.00709. The Morgan fingerprint density at radius 2 is 2.07 bits per heavy atom. The van der Waals surface area contributed by atoms with Crippen molar-refractivity contribution in [3.63, 3.8) is 0 Å². The lowest BCUT2D eigenvalue weighted by Crippen LogP contribution is -2.11. The van der Waals surface area contributed by atoms with Crippen molar-refractivity contribution in [1.29, 1.82) is 0 Å².